The van der Waals surface area contributed by atoms with E-state index in [9.17, 15) is 13.6 Å². The summed E-state index contributed by atoms with van der Waals surface area (Å²) in [5.74, 6) is -1.78. The SMILES string of the molecule is Cc1nnn(C)c1C1=CCC([C@@H]2CCC(=O)N2c2ccc(F)c(F)c2)C=C1. The van der Waals surface area contributed by atoms with Crippen LogP contribution in [0.25, 0.3) is 5.57 Å². The first kappa shape index (κ1) is 17.6. The number of aryl methyl sites for hydroxylation is 2. The molecule has 2 aliphatic rings. The lowest BCUT2D eigenvalue weighted by Crippen LogP contribution is -2.38. The van der Waals surface area contributed by atoms with Crippen molar-refractivity contribution in [3.8, 4) is 0 Å². The van der Waals surface area contributed by atoms with E-state index in [1.54, 1.807) is 9.58 Å². The van der Waals surface area contributed by atoms with Crippen LogP contribution in [0.2, 0.25) is 0 Å². The Balaban J connectivity index is 1.58. The molecule has 2 atom stereocenters. The van der Waals surface area contributed by atoms with Crippen molar-refractivity contribution < 1.29 is 13.6 Å². The van der Waals surface area contributed by atoms with E-state index in [1.165, 1.54) is 6.07 Å². The summed E-state index contributed by atoms with van der Waals surface area (Å²) >= 11 is 0. The normalized spacial score (nSPS) is 22.4. The second-order valence-electron chi connectivity index (χ2n) is 7.03. The van der Waals surface area contributed by atoms with Crippen LogP contribution in [0.4, 0.5) is 14.5 Å². The van der Waals surface area contributed by atoms with Crippen LogP contribution in [0, 0.1) is 24.5 Å². The summed E-state index contributed by atoms with van der Waals surface area (Å²) in [5.41, 5.74) is 3.31. The zero-order valence-electron chi connectivity index (χ0n) is 15.2. The van der Waals surface area contributed by atoms with Gasteiger partial charge in [0.25, 0.3) is 0 Å². The van der Waals surface area contributed by atoms with Gasteiger partial charge in [-0.15, -0.1) is 5.10 Å². The van der Waals surface area contributed by atoms with E-state index in [-0.39, 0.29) is 17.9 Å². The first-order valence-corrected chi connectivity index (χ1v) is 8.98. The molecule has 0 N–H and O–H groups in total. The Hall–Kier alpha value is -2.83. The molecule has 1 aromatic carbocycles. The highest BCUT2D eigenvalue weighted by molar-refractivity contribution is 5.96. The summed E-state index contributed by atoms with van der Waals surface area (Å²) in [7, 11) is 1.86. The number of carbonyl (C=O) groups excluding carboxylic acids is 1. The first-order chi connectivity index (χ1) is 13.0. The van der Waals surface area contributed by atoms with Gasteiger partial charge in [0, 0.05) is 37.2 Å². The van der Waals surface area contributed by atoms with E-state index < -0.39 is 11.6 Å². The highest BCUT2D eigenvalue weighted by Crippen LogP contribution is 2.36. The largest absolute Gasteiger partial charge is 0.309 e. The minimum Gasteiger partial charge on any atom is -0.309 e. The van der Waals surface area contributed by atoms with Crippen molar-refractivity contribution in [3.63, 3.8) is 0 Å². The van der Waals surface area contributed by atoms with E-state index >= 15 is 0 Å². The first-order valence-electron chi connectivity index (χ1n) is 8.98. The highest BCUT2D eigenvalue weighted by Gasteiger charge is 2.37. The number of amides is 1. The summed E-state index contributed by atoms with van der Waals surface area (Å²) in [5, 5.41) is 8.12. The molecule has 1 fully saturated rings. The Morgan fingerprint density at radius 2 is 2.04 bits per heavy atom. The Morgan fingerprint density at radius 1 is 1.22 bits per heavy atom. The van der Waals surface area contributed by atoms with E-state index in [1.807, 2.05) is 20.0 Å². The molecule has 2 aromatic rings. The second kappa shape index (κ2) is 6.72. The molecule has 27 heavy (non-hydrogen) atoms. The molecule has 0 saturated carbocycles. The van der Waals surface area contributed by atoms with Gasteiger partial charge in [-0.05, 0) is 37.5 Å². The molecule has 1 saturated heterocycles. The number of allylic oxidation sites excluding steroid dienone is 3. The van der Waals surface area contributed by atoms with Gasteiger partial charge in [0.2, 0.25) is 5.91 Å². The van der Waals surface area contributed by atoms with Gasteiger partial charge in [0.05, 0.1) is 11.4 Å². The number of carbonyl (C=O) groups is 1. The molecule has 5 nitrogen and oxygen atoms in total. The average Bonchev–Trinajstić information content (AvgIpc) is 3.20. The Labute approximate surface area is 156 Å². The lowest BCUT2D eigenvalue weighted by molar-refractivity contribution is -0.117. The molecule has 4 rings (SSSR count). The van der Waals surface area contributed by atoms with Gasteiger partial charge in [-0.3, -0.25) is 4.79 Å². The Kier molecular flexibility index (Phi) is 4.37. The van der Waals surface area contributed by atoms with Crippen LogP contribution < -0.4 is 4.90 Å². The quantitative estimate of drug-likeness (QED) is 0.830. The van der Waals surface area contributed by atoms with E-state index in [0.29, 0.717) is 18.5 Å². The molecule has 1 aliphatic heterocycles. The molecule has 1 unspecified atom stereocenters. The molecule has 1 aliphatic carbocycles. The molecule has 140 valence electrons. The standard InChI is InChI=1S/C20H20F2N4O/c1-12-20(25(2)24-23-12)14-5-3-13(4-6-14)18-9-10-19(27)26(18)15-7-8-16(21)17(22)11-15/h3,5-8,11,13,18H,4,9-10H2,1-2H3/t13?,18-/m0/s1. The molecule has 0 spiro atoms. The van der Waals surface area contributed by atoms with Crippen LogP contribution in [0.1, 0.15) is 30.7 Å². The molecular formula is C20H20F2N4O. The number of nitrogens with zero attached hydrogens (tertiary/aromatic N) is 4. The summed E-state index contributed by atoms with van der Waals surface area (Å²) in [6.45, 7) is 1.92. The Morgan fingerprint density at radius 3 is 2.67 bits per heavy atom. The van der Waals surface area contributed by atoms with E-state index in [2.05, 4.69) is 22.5 Å². The van der Waals surface area contributed by atoms with Gasteiger partial charge in [0.15, 0.2) is 11.6 Å². The maximum Gasteiger partial charge on any atom is 0.227 e. The minimum absolute atomic E-state index is 0.0548. The fourth-order valence-corrected chi connectivity index (χ4v) is 4.04. The molecule has 0 radical (unpaired) electrons. The smallest absolute Gasteiger partial charge is 0.227 e. The zero-order chi connectivity index (χ0) is 19.1. The molecule has 2 heterocycles. The third-order valence-corrected chi connectivity index (χ3v) is 5.33. The van der Waals surface area contributed by atoms with Crippen molar-refractivity contribution in [3.05, 3.63) is 59.4 Å². The lowest BCUT2D eigenvalue weighted by atomic mass is 9.87. The number of rotatable bonds is 3. The zero-order valence-corrected chi connectivity index (χ0v) is 15.2. The summed E-state index contributed by atoms with van der Waals surface area (Å²) in [4.78, 5) is 14.0. The third-order valence-electron chi connectivity index (χ3n) is 5.33. The summed E-state index contributed by atoms with van der Waals surface area (Å²) in [6, 6.07) is 3.57. The number of halogens is 2. The van der Waals surface area contributed by atoms with Crippen LogP contribution in [0.5, 0.6) is 0 Å². The van der Waals surface area contributed by atoms with Crippen LogP contribution >= 0.6 is 0 Å². The van der Waals surface area contributed by atoms with Crippen molar-refractivity contribution >= 4 is 17.2 Å². The second-order valence-corrected chi connectivity index (χ2v) is 7.03. The molecule has 7 heteroatoms. The Bertz CT molecular complexity index is 943. The molecule has 0 bridgehead atoms. The molecular weight excluding hydrogens is 350 g/mol. The van der Waals surface area contributed by atoms with E-state index in [0.717, 1.165) is 35.5 Å². The number of anilines is 1. The van der Waals surface area contributed by atoms with Crippen molar-refractivity contribution in [1.29, 1.82) is 0 Å². The summed E-state index contributed by atoms with van der Waals surface area (Å²) < 4.78 is 28.7. The summed E-state index contributed by atoms with van der Waals surface area (Å²) in [6.07, 6.45) is 8.12. The van der Waals surface area contributed by atoms with Gasteiger partial charge >= 0.3 is 0 Å². The van der Waals surface area contributed by atoms with Crippen LogP contribution in [0.15, 0.2) is 36.4 Å². The predicted octanol–water partition coefficient (Wildman–Crippen LogP) is 3.56. The van der Waals surface area contributed by atoms with Crippen LogP contribution in [0.3, 0.4) is 0 Å². The van der Waals surface area contributed by atoms with Crippen LogP contribution in [-0.2, 0) is 11.8 Å². The number of hydrogen-bond acceptors (Lipinski definition) is 3. The average molecular weight is 370 g/mol. The third kappa shape index (κ3) is 3.07. The van der Waals surface area contributed by atoms with Gasteiger partial charge in [-0.1, -0.05) is 23.4 Å². The van der Waals surface area contributed by atoms with Crippen molar-refractivity contribution in [2.75, 3.05) is 4.90 Å². The van der Waals surface area contributed by atoms with Gasteiger partial charge in [0.1, 0.15) is 0 Å². The van der Waals surface area contributed by atoms with Crippen molar-refractivity contribution in [2.45, 2.75) is 32.2 Å². The van der Waals surface area contributed by atoms with Gasteiger partial charge in [-0.25, -0.2) is 13.5 Å². The maximum absolute atomic E-state index is 13.7. The number of aromatic nitrogens is 3. The fourth-order valence-electron chi connectivity index (χ4n) is 4.04. The topological polar surface area (TPSA) is 51.0 Å². The molecule has 1 amide bonds. The minimum atomic E-state index is -0.938. The monoisotopic (exact) mass is 370 g/mol. The predicted molar refractivity (Wildman–Crippen MR) is 97.8 cm³/mol. The van der Waals surface area contributed by atoms with E-state index in [4.69, 9.17) is 0 Å². The van der Waals surface area contributed by atoms with Crippen molar-refractivity contribution in [1.82, 2.24) is 15.0 Å². The lowest BCUT2D eigenvalue weighted by Gasteiger charge is -2.31. The number of benzene rings is 1. The maximum atomic E-state index is 13.7. The fraction of sp³-hybridized carbons (Fsp3) is 0.350. The highest BCUT2D eigenvalue weighted by atomic mass is 19.2. The molecule has 1 aromatic heterocycles. The van der Waals surface area contributed by atoms with Gasteiger partial charge < -0.3 is 4.90 Å². The van der Waals surface area contributed by atoms with Crippen LogP contribution in [-0.4, -0.2) is 26.9 Å². The van der Waals surface area contributed by atoms with Crippen molar-refractivity contribution in [2.24, 2.45) is 13.0 Å². The van der Waals surface area contributed by atoms with Gasteiger partial charge in [-0.2, -0.15) is 0 Å². The number of hydrogen-bond donors (Lipinski definition) is 0.